The quantitative estimate of drug-likeness (QED) is 0.783. The molecule has 6 nitrogen and oxygen atoms in total. The van der Waals surface area contributed by atoms with Crippen LogP contribution in [0.25, 0.3) is 11.0 Å². The molecule has 2 aromatic heterocycles. The average molecular weight is 264 g/mol. The average Bonchev–Trinajstić information content (AvgIpc) is 2.88. The largest absolute Gasteiger partial charge is 0.366 e. The minimum Gasteiger partial charge on any atom is -0.366 e. The van der Waals surface area contributed by atoms with Crippen molar-refractivity contribution in [2.75, 3.05) is 29.2 Å². The van der Waals surface area contributed by atoms with Gasteiger partial charge in [0.05, 0.1) is 11.6 Å². The Morgan fingerprint density at radius 3 is 3.17 bits per heavy atom. The molecule has 1 saturated heterocycles. The Bertz CT molecular complexity index is 533. The maximum Gasteiger partial charge on any atom is 0.226 e. The van der Waals surface area contributed by atoms with Gasteiger partial charge in [0, 0.05) is 18.8 Å². The number of thioether (sulfide) groups is 1. The summed E-state index contributed by atoms with van der Waals surface area (Å²) in [5, 5.41) is 14.3. The Morgan fingerprint density at radius 2 is 2.39 bits per heavy atom. The van der Waals surface area contributed by atoms with Crippen molar-refractivity contribution < 1.29 is 0 Å². The van der Waals surface area contributed by atoms with E-state index in [-0.39, 0.29) is 0 Å². The zero-order chi connectivity index (χ0) is 12.4. The molecule has 1 fully saturated rings. The third-order valence-electron chi connectivity index (χ3n) is 3.03. The van der Waals surface area contributed by atoms with Crippen molar-refractivity contribution in [3.8, 4) is 0 Å². The summed E-state index contributed by atoms with van der Waals surface area (Å²) in [5.74, 6) is 3.88. The molecule has 3 heterocycles. The standard InChI is InChI=1S/C11H16N6S/c1-12-11-15-9(8-5-13-17-10(8)16-11)14-7-3-2-4-18-6-7/h5,7H,2-4,6H2,1H3,(H3,12,13,14,15,16,17). The topological polar surface area (TPSA) is 78.5 Å². The normalized spacial score (nSPS) is 19.9. The molecule has 1 atom stereocenters. The van der Waals surface area contributed by atoms with Crippen molar-refractivity contribution in [3.05, 3.63) is 6.20 Å². The Hall–Kier alpha value is -1.50. The molecule has 3 N–H and O–H groups in total. The molecule has 2 aromatic rings. The van der Waals surface area contributed by atoms with Crippen molar-refractivity contribution >= 4 is 34.6 Å². The lowest BCUT2D eigenvalue weighted by Gasteiger charge is -2.23. The third kappa shape index (κ3) is 2.22. The number of nitrogens with one attached hydrogen (secondary N) is 3. The monoisotopic (exact) mass is 264 g/mol. The fourth-order valence-corrected chi connectivity index (χ4v) is 3.18. The summed E-state index contributed by atoms with van der Waals surface area (Å²) >= 11 is 1.99. The van der Waals surface area contributed by atoms with E-state index in [4.69, 9.17) is 0 Å². The van der Waals surface area contributed by atoms with Crippen molar-refractivity contribution in [2.45, 2.75) is 18.9 Å². The molecule has 18 heavy (non-hydrogen) atoms. The number of H-pyrrole nitrogens is 1. The maximum atomic E-state index is 4.48. The molecule has 0 aliphatic carbocycles. The highest BCUT2D eigenvalue weighted by Gasteiger charge is 2.16. The second-order valence-corrected chi connectivity index (χ2v) is 5.49. The Balaban J connectivity index is 1.91. The van der Waals surface area contributed by atoms with Gasteiger partial charge in [0.25, 0.3) is 0 Å². The fraction of sp³-hybridized carbons (Fsp3) is 0.545. The Morgan fingerprint density at radius 1 is 1.44 bits per heavy atom. The van der Waals surface area contributed by atoms with Crippen LogP contribution in [0.15, 0.2) is 6.20 Å². The molecule has 0 aromatic carbocycles. The van der Waals surface area contributed by atoms with E-state index >= 15 is 0 Å². The number of fused-ring (bicyclic) bond motifs is 1. The number of rotatable bonds is 3. The lowest BCUT2D eigenvalue weighted by atomic mass is 10.2. The van der Waals surface area contributed by atoms with Crippen LogP contribution in [0.3, 0.4) is 0 Å². The molecule has 1 aliphatic heterocycles. The summed E-state index contributed by atoms with van der Waals surface area (Å²) in [6, 6.07) is 0.487. The van der Waals surface area contributed by atoms with Crippen LogP contribution < -0.4 is 10.6 Å². The summed E-state index contributed by atoms with van der Waals surface area (Å²) in [6.07, 6.45) is 4.24. The first-order valence-electron chi connectivity index (χ1n) is 6.10. The van der Waals surface area contributed by atoms with E-state index in [0.717, 1.165) is 22.6 Å². The molecule has 1 aliphatic rings. The molecule has 0 saturated carbocycles. The van der Waals surface area contributed by atoms with E-state index in [9.17, 15) is 0 Å². The van der Waals surface area contributed by atoms with Gasteiger partial charge in [0.1, 0.15) is 5.82 Å². The molecule has 0 spiro atoms. The molecule has 7 heteroatoms. The van der Waals surface area contributed by atoms with Gasteiger partial charge in [0.2, 0.25) is 5.95 Å². The molecule has 1 unspecified atom stereocenters. The third-order valence-corrected chi connectivity index (χ3v) is 4.25. The van der Waals surface area contributed by atoms with Crippen molar-refractivity contribution in [1.82, 2.24) is 20.2 Å². The summed E-state index contributed by atoms with van der Waals surface area (Å²) in [7, 11) is 1.82. The Kier molecular flexibility index (Phi) is 3.22. The highest BCUT2D eigenvalue weighted by Crippen LogP contribution is 2.24. The first-order valence-corrected chi connectivity index (χ1v) is 7.25. The molecule has 3 rings (SSSR count). The van der Waals surface area contributed by atoms with Gasteiger partial charge >= 0.3 is 0 Å². The van der Waals surface area contributed by atoms with E-state index in [1.54, 1.807) is 6.20 Å². The number of hydrogen-bond acceptors (Lipinski definition) is 6. The van der Waals surface area contributed by atoms with Crippen molar-refractivity contribution in [1.29, 1.82) is 0 Å². The predicted molar refractivity (Wildman–Crippen MR) is 75.2 cm³/mol. The van der Waals surface area contributed by atoms with Crippen LogP contribution in [0.4, 0.5) is 11.8 Å². The number of anilines is 2. The lowest BCUT2D eigenvalue weighted by molar-refractivity contribution is 0.683. The first kappa shape index (κ1) is 11.6. The second-order valence-electron chi connectivity index (χ2n) is 4.34. The lowest BCUT2D eigenvalue weighted by Crippen LogP contribution is -2.26. The summed E-state index contributed by atoms with van der Waals surface area (Å²) in [6.45, 7) is 0. The fourth-order valence-electron chi connectivity index (χ4n) is 2.10. The van der Waals surface area contributed by atoms with Crippen LogP contribution in [-0.2, 0) is 0 Å². The van der Waals surface area contributed by atoms with Crippen molar-refractivity contribution in [2.24, 2.45) is 0 Å². The molecule has 0 amide bonds. The summed E-state index contributed by atoms with van der Waals surface area (Å²) < 4.78 is 0. The van der Waals surface area contributed by atoms with Gasteiger partial charge < -0.3 is 10.6 Å². The number of aromatic nitrogens is 4. The summed E-state index contributed by atoms with van der Waals surface area (Å²) in [4.78, 5) is 8.81. The van der Waals surface area contributed by atoms with Crippen LogP contribution >= 0.6 is 11.8 Å². The van der Waals surface area contributed by atoms with Crippen LogP contribution in [0.5, 0.6) is 0 Å². The van der Waals surface area contributed by atoms with E-state index in [1.807, 2.05) is 18.8 Å². The first-order chi connectivity index (χ1) is 8.86. The van der Waals surface area contributed by atoms with E-state index in [2.05, 4.69) is 30.8 Å². The highest BCUT2D eigenvalue weighted by molar-refractivity contribution is 7.99. The van der Waals surface area contributed by atoms with Gasteiger partial charge in [-0.2, -0.15) is 26.8 Å². The van der Waals surface area contributed by atoms with Gasteiger partial charge in [-0.05, 0) is 18.6 Å². The van der Waals surface area contributed by atoms with Gasteiger partial charge in [0.15, 0.2) is 5.65 Å². The molecule has 0 bridgehead atoms. The van der Waals surface area contributed by atoms with E-state index in [0.29, 0.717) is 12.0 Å². The smallest absolute Gasteiger partial charge is 0.226 e. The van der Waals surface area contributed by atoms with Crippen LogP contribution in [0.2, 0.25) is 0 Å². The number of hydrogen-bond donors (Lipinski definition) is 3. The van der Waals surface area contributed by atoms with Gasteiger partial charge in [-0.3, -0.25) is 5.10 Å². The van der Waals surface area contributed by atoms with Crippen LogP contribution in [0.1, 0.15) is 12.8 Å². The minimum absolute atomic E-state index is 0.487. The van der Waals surface area contributed by atoms with Crippen molar-refractivity contribution in [3.63, 3.8) is 0 Å². The SMILES string of the molecule is CNc1nc(NC2CCCSC2)c2cn[nH]c2n1. The number of aromatic amines is 1. The highest BCUT2D eigenvalue weighted by atomic mass is 32.2. The van der Waals surface area contributed by atoms with E-state index < -0.39 is 0 Å². The van der Waals surface area contributed by atoms with E-state index in [1.165, 1.54) is 18.6 Å². The van der Waals surface area contributed by atoms with Crippen LogP contribution in [-0.4, -0.2) is 44.8 Å². The van der Waals surface area contributed by atoms with Gasteiger partial charge in [-0.1, -0.05) is 0 Å². The minimum atomic E-state index is 0.487. The van der Waals surface area contributed by atoms with Crippen LogP contribution in [0, 0.1) is 0 Å². The molecular formula is C11H16N6S. The second kappa shape index (κ2) is 5.01. The molecule has 96 valence electrons. The van der Waals surface area contributed by atoms with Gasteiger partial charge in [-0.25, -0.2) is 0 Å². The van der Waals surface area contributed by atoms with Gasteiger partial charge in [-0.15, -0.1) is 0 Å². The molecular weight excluding hydrogens is 248 g/mol. The Labute approximate surface area is 109 Å². The predicted octanol–water partition coefficient (Wildman–Crippen LogP) is 1.70. The number of nitrogens with zero attached hydrogens (tertiary/aromatic N) is 3. The summed E-state index contributed by atoms with van der Waals surface area (Å²) in [5.41, 5.74) is 0.764. The molecule has 0 radical (unpaired) electrons. The zero-order valence-electron chi connectivity index (χ0n) is 10.2. The maximum absolute atomic E-state index is 4.48. The zero-order valence-corrected chi connectivity index (χ0v) is 11.0.